The average Bonchev–Trinajstić information content (AvgIpc) is 2.42. The second-order valence-electron chi connectivity index (χ2n) is 3.96. The van der Waals surface area contributed by atoms with Crippen molar-refractivity contribution >= 4 is 11.8 Å². The van der Waals surface area contributed by atoms with Crippen molar-refractivity contribution in [1.29, 1.82) is 0 Å². The number of rotatable bonds is 4. The van der Waals surface area contributed by atoms with Gasteiger partial charge in [0.05, 0.1) is 6.61 Å². The summed E-state index contributed by atoms with van der Waals surface area (Å²) in [5, 5.41) is 2.66. The van der Waals surface area contributed by atoms with Gasteiger partial charge in [-0.3, -0.25) is 5.32 Å². The molecule has 2 aromatic carbocycles. The third kappa shape index (κ3) is 4.12. The molecule has 4 nitrogen and oxygen atoms in total. The predicted octanol–water partition coefficient (Wildman–Crippen LogP) is 3.44. The van der Waals surface area contributed by atoms with Crippen molar-refractivity contribution < 1.29 is 14.3 Å². The van der Waals surface area contributed by atoms with Crippen LogP contribution in [-0.2, 0) is 11.3 Å². The van der Waals surface area contributed by atoms with Gasteiger partial charge in [0.1, 0.15) is 5.75 Å². The van der Waals surface area contributed by atoms with E-state index in [4.69, 9.17) is 9.47 Å². The maximum Gasteiger partial charge on any atom is 0.417 e. The molecule has 0 aliphatic rings. The van der Waals surface area contributed by atoms with Crippen molar-refractivity contribution in [2.75, 3.05) is 12.4 Å². The van der Waals surface area contributed by atoms with Crippen molar-refractivity contribution in [3.63, 3.8) is 0 Å². The fourth-order valence-electron chi connectivity index (χ4n) is 1.59. The van der Waals surface area contributed by atoms with Gasteiger partial charge in [0.25, 0.3) is 0 Å². The van der Waals surface area contributed by atoms with Crippen LogP contribution >= 0.6 is 0 Å². The molecule has 0 unspecified atom stereocenters. The van der Waals surface area contributed by atoms with Gasteiger partial charge < -0.3 is 9.47 Å². The third-order valence-electron chi connectivity index (χ3n) is 2.47. The quantitative estimate of drug-likeness (QED) is 0.912. The minimum absolute atomic E-state index is 0.509. The predicted molar refractivity (Wildman–Crippen MR) is 73.2 cm³/mol. The Balaban J connectivity index is 1.91. The molecule has 2 rings (SSSR count). The van der Waals surface area contributed by atoms with E-state index in [0.29, 0.717) is 18.0 Å². The van der Waals surface area contributed by atoms with Gasteiger partial charge in [-0.25, -0.2) is 4.79 Å². The van der Waals surface area contributed by atoms with E-state index in [9.17, 15) is 4.79 Å². The molecule has 19 heavy (non-hydrogen) atoms. The van der Waals surface area contributed by atoms with E-state index in [1.54, 1.807) is 31.4 Å². The molecule has 0 saturated carbocycles. The summed E-state index contributed by atoms with van der Waals surface area (Å²) in [6.45, 7) is 0.550. The number of hydrogen-bond donors (Lipinski definition) is 1. The molecule has 1 N–H and O–H groups in total. The summed E-state index contributed by atoms with van der Waals surface area (Å²) in [6, 6.07) is 16.3. The summed E-state index contributed by atoms with van der Waals surface area (Å²) >= 11 is 0. The summed E-state index contributed by atoms with van der Waals surface area (Å²) in [7, 11) is 1.64. The second-order valence-corrected chi connectivity index (χ2v) is 3.96. The summed E-state index contributed by atoms with van der Waals surface area (Å²) in [5.41, 5.74) is 1.73. The van der Waals surface area contributed by atoms with Crippen LogP contribution in [0, 0.1) is 0 Å². The van der Waals surface area contributed by atoms with Gasteiger partial charge in [-0.05, 0) is 29.8 Å². The molecule has 2 aromatic rings. The Labute approximate surface area is 112 Å². The van der Waals surface area contributed by atoms with Crippen molar-refractivity contribution in [1.82, 2.24) is 0 Å². The maximum absolute atomic E-state index is 11.6. The van der Waals surface area contributed by atoms with E-state index in [2.05, 4.69) is 5.32 Å². The number of amides is 1. The Hall–Kier alpha value is -2.33. The Bertz CT molecular complexity index is 523. The lowest BCUT2D eigenvalue weighted by Gasteiger charge is -2.07. The van der Waals surface area contributed by atoms with E-state index in [-0.39, 0.29) is 0 Å². The molecule has 4 heteroatoms. The first-order valence-corrected chi connectivity index (χ1v) is 5.89. The zero-order chi connectivity index (χ0) is 13.5. The lowest BCUT2D eigenvalue weighted by Crippen LogP contribution is -2.16. The minimum atomic E-state index is -0.509. The molecule has 0 bridgehead atoms. The molecule has 98 valence electrons. The molecule has 0 radical (unpaired) electrons. The summed E-state index contributed by atoms with van der Waals surface area (Å²) in [5.74, 6) is 0.510. The third-order valence-corrected chi connectivity index (χ3v) is 2.47. The molecule has 0 heterocycles. The number of ether oxygens (including phenoxy) is 2. The van der Waals surface area contributed by atoms with Crippen molar-refractivity contribution in [3.05, 3.63) is 60.2 Å². The highest BCUT2D eigenvalue weighted by Crippen LogP contribution is 2.13. The van der Waals surface area contributed by atoms with Gasteiger partial charge in [-0.15, -0.1) is 0 Å². The van der Waals surface area contributed by atoms with Crippen LogP contribution in [0.2, 0.25) is 0 Å². The van der Waals surface area contributed by atoms with Gasteiger partial charge in [0.15, 0.2) is 0 Å². The number of anilines is 1. The molecule has 0 atom stereocenters. The molecular weight excluding hydrogens is 242 g/mol. The number of para-hydroxylation sites is 1. The molecule has 0 spiro atoms. The number of carbonyl (C=O) groups excluding carboxylic acids is 1. The minimum Gasteiger partial charge on any atom is -0.410 e. The lowest BCUT2D eigenvalue weighted by atomic mass is 10.2. The van der Waals surface area contributed by atoms with Crippen molar-refractivity contribution in [3.8, 4) is 5.75 Å². The van der Waals surface area contributed by atoms with Gasteiger partial charge in [-0.2, -0.15) is 0 Å². The number of carbonyl (C=O) groups is 1. The standard InChI is InChI=1S/C15H15NO3/c1-18-11-12-7-9-13(10-8-12)16-15(17)19-14-5-3-2-4-6-14/h2-10H,11H2,1H3,(H,16,17). The topological polar surface area (TPSA) is 47.6 Å². The van der Waals surface area contributed by atoms with Crippen molar-refractivity contribution in [2.45, 2.75) is 6.61 Å². The van der Waals surface area contributed by atoms with Gasteiger partial charge in [-0.1, -0.05) is 30.3 Å². The van der Waals surface area contributed by atoms with E-state index in [0.717, 1.165) is 5.56 Å². The second kappa shape index (κ2) is 6.56. The first-order valence-electron chi connectivity index (χ1n) is 5.89. The SMILES string of the molecule is COCc1ccc(NC(=O)Oc2ccccc2)cc1. The Morgan fingerprint density at radius 3 is 2.37 bits per heavy atom. The van der Waals surface area contributed by atoms with Crippen LogP contribution in [-0.4, -0.2) is 13.2 Å². The van der Waals surface area contributed by atoms with Crippen LogP contribution in [0.4, 0.5) is 10.5 Å². The zero-order valence-electron chi connectivity index (χ0n) is 10.6. The molecule has 0 aromatic heterocycles. The summed E-state index contributed by atoms with van der Waals surface area (Å²) < 4.78 is 10.1. The number of benzene rings is 2. The zero-order valence-corrected chi connectivity index (χ0v) is 10.6. The molecule has 0 saturated heterocycles. The van der Waals surface area contributed by atoms with E-state index >= 15 is 0 Å². The first kappa shape index (κ1) is 13.1. The van der Waals surface area contributed by atoms with E-state index in [1.807, 2.05) is 30.3 Å². The van der Waals surface area contributed by atoms with Gasteiger partial charge >= 0.3 is 6.09 Å². The highest BCUT2D eigenvalue weighted by atomic mass is 16.6. The Morgan fingerprint density at radius 2 is 1.74 bits per heavy atom. The Morgan fingerprint density at radius 1 is 1.05 bits per heavy atom. The van der Waals surface area contributed by atoms with Crippen LogP contribution in [0.5, 0.6) is 5.75 Å². The average molecular weight is 257 g/mol. The van der Waals surface area contributed by atoms with Gasteiger partial charge in [0, 0.05) is 12.8 Å². The van der Waals surface area contributed by atoms with Crippen LogP contribution in [0.15, 0.2) is 54.6 Å². The number of hydrogen-bond acceptors (Lipinski definition) is 3. The summed E-state index contributed by atoms with van der Waals surface area (Å²) in [4.78, 5) is 11.6. The highest BCUT2D eigenvalue weighted by Gasteiger charge is 2.04. The largest absolute Gasteiger partial charge is 0.417 e. The maximum atomic E-state index is 11.6. The van der Waals surface area contributed by atoms with Crippen LogP contribution < -0.4 is 10.1 Å². The van der Waals surface area contributed by atoms with E-state index in [1.165, 1.54) is 0 Å². The van der Waals surface area contributed by atoms with Crippen LogP contribution in [0.1, 0.15) is 5.56 Å². The summed E-state index contributed by atoms with van der Waals surface area (Å²) in [6.07, 6.45) is -0.509. The normalized spacial score (nSPS) is 9.95. The Kier molecular flexibility index (Phi) is 4.53. The first-order chi connectivity index (χ1) is 9.28. The smallest absolute Gasteiger partial charge is 0.410 e. The van der Waals surface area contributed by atoms with Crippen LogP contribution in [0.25, 0.3) is 0 Å². The fourth-order valence-corrected chi connectivity index (χ4v) is 1.59. The van der Waals surface area contributed by atoms with E-state index < -0.39 is 6.09 Å². The molecule has 0 fully saturated rings. The number of methoxy groups -OCH3 is 1. The van der Waals surface area contributed by atoms with Crippen molar-refractivity contribution in [2.24, 2.45) is 0 Å². The fraction of sp³-hybridized carbons (Fsp3) is 0.133. The molecule has 0 aliphatic heterocycles. The lowest BCUT2D eigenvalue weighted by molar-refractivity contribution is 0.185. The molecular formula is C15H15NO3. The monoisotopic (exact) mass is 257 g/mol. The van der Waals surface area contributed by atoms with Gasteiger partial charge in [0.2, 0.25) is 0 Å². The molecule has 0 aliphatic carbocycles. The number of nitrogens with one attached hydrogen (secondary N) is 1. The van der Waals surface area contributed by atoms with Crippen LogP contribution in [0.3, 0.4) is 0 Å². The molecule has 1 amide bonds. The highest BCUT2D eigenvalue weighted by molar-refractivity contribution is 5.86.